The van der Waals surface area contributed by atoms with Crippen molar-refractivity contribution in [3.8, 4) is 0 Å². The van der Waals surface area contributed by atoms with E-state index in [2.05, 4.69) is 30.5 Å². The highest BCUT2D eigenvalue weighted by Gasteiger charge is 2.19. The molecule has 0 bridgehead atoms. The van der Waals surface area contributed by atoms with Gasteiger partial charge in [-0.1, -0.05) is 49.4 Å². The number of hydrazine groups is 1. The van der Waals surface area contributed by atoms with E-state index in [1.807, 2.05) is 36.4 Å². The minimum atomic E-state index is -0.126. The van der Waals surface area contributed by atoms with Crippen molar-refractivity contribution in [1.82, 2.24) is 5.43 Å². The van der Waals surface area contributed by atoms with Crippen molar-refractivity contribution >= 4 is 11.0 Å². The molecule has 3 rings (SSSR count). The van der Waals surface area contributed by atoms with Gasteiger partial charge in [0.2, 0.25) is 0 Å². The van der Waals surface area contributed by atoms with Crippen LogP contribution < -0.4 is 11.3 Å². The molecule has 0 spiro atoms. The quantitative estimate of drug-likeness (QED) is 0.561. The normalized spacial score (nSPS) is 12.7. The average molecular weight is 266 g/mol. The first-order valence-electron chi connectivity index (χ1n) is 6.86. The van der Waals surface area contributed by atoms with Gasteiger partial charge in [0, 0.05) is 5.39 Å². The van der Waals surface area contributed by atoms with Crippen molar-refractivity contribution < 1.29 is 4.42 Å². The van der Waals surface area contributed by atoms with Gasteiger partial charge in [-0.05, 0) is 29.7 Å². The summed E-state index contributed by atoms with van der Waals surface area (Å²) >= 11 is 0. The van der Waals surface area contributed by atoms with E-state index >= 15 is 0 Å². The van der Waals surface area contributed by atoms with E-state index < -0.39 is 0 Å². The van der Waals surface area contributed by atoms with Crippen LogP contribution in [-0.4, -0.2) is 0 Å². The van der Waals surface area contributed by atoms with Crippen molar-refractivity contribution in [3.05, 3.63) is 71.5 Å². The van der Waals surface area contributed by atoms with Gasteiger partial charge in [0.1, 0.15) is 17.4 Å². The second kappa shape index (κ2) is 5.49. The summed E-state index contributed by atoms with van der Waals surface area (Å²) in [5.74, 6) is 6.61. The van der Waals surface area contributed by atoms with Crippen molar-refractivity contribution in [1.29, 1.82) is 0 Å². The molecule has 1 unspecified atom stereocenters. The Labute approximate surface area is 118 Å². The third kappa shape index (κ3) is 2.22. The van der Waals surface area contributed by atoms with E-state index in [9.17, 15) is 0 Å². The maximum Gasteiger partial charge on any atom is 0.134 e. The highest BCUT2D eigenvalue weighted by atomic mass is 16.3. The van der Waals surface area contributed by atoms with Crippen LogP contribution >= 0.6 is 0 Å². The molecule has 3 nitrogen and oxygen atoms in total. The molecule has 1 atom stereocenters. The fourth-order valence-electron chi connectivity index (χ4n) is 2.61. The molecule has 1 aromatic heterocycles. The number of nitrogens with two attached hydrogens (primary N) is 1. The first-order chi connectivity index (χ1) is 9.83. The van der Waals surface area contributed by atoms with Crippen molar-refractivity contribution in [2.75, 3.05) is 0 Å². The van der Waals surface area contributed by atoms with Gasteiger partial charge in [0.25, 0.3) is 0 Å². The second-order valence-corrected chi connectivity index (χ2v) is 4.84. The molecule has 0 amide bonds. The van der Waals surface area contributed by atoms with Crippen molar-refractivity contribution in [3.63, 3.8) is 0 Å². The number of para-hydroxylation sites is 1. The summed E-state index contributed by atoms with van der Waals surface area (Å²) in [5.41, 5.74) is 6.20. The molecule has 20 heavy (non-hydrogen) atoms. The van der Waals surface area contributed by atoms with E-state index in [-0.39, 0.29) is 6.04 Å². The van der Waals surface area contributed by atoms with Gasteiger partial charge in [-0.25, -0.2) is 5.43 Å². The molecular weight excluding hydrogens is 248 g/mol. The lowest BCUT2D eigenvalue weighted by Gasteiger charge is -2.17. The zero-order valence-corrected chi connectivity index (χ0v) is 11.5. The number of nitrogens with one attached hydrogen (secondary N) is 1. The van der Waals surface area contributed by atoms with Gasteiger partial charge in [0.05, 0.1) is 0 Å². The maximum absolute atomic E-state index is 5.93. The highest BCUT2D eigenvalue weighted by molar-refractivity contribution is 5.78. The third-order valence-corrected chi connectivity index (χ3v) is 3.64. The van der Waals surface area contributed by atoms with Crippen LogP contribution in [0.1, 0.15) is 29.9 Å². The Balaban J connectivity index is 2.09. The van der Waals surface area contributed by atoms with Crippen LogP contribution in [0, 0.1) is 0 Å². The van der Waals surface area contributed by atoms with Crippen LogP contribution in [0.15, 0.2) is 59.0 Å². The SMILES string of the molecule is CCc1ccccc1C(NN)c1cc2ccccc2o1. The number of hydrogen-bond donors (Lipinski definition) is 2. The van der Waals surface area contributed by atoms with E-state index in [1.165, 1.54) is 5.56 Å². The smallest absolute Gasteiger partial charge is 0.134 e. The zero-order valence-electron chi connectivity index (χ0n) is 11.5. The van der Waals surface area contributed by atoms with Gasteiger partial charge in [0.15, 0.2) is 0 Å². The Morgan fingerprint density at radius 1 is 1.10 bits per heavy atom. The zero-order chi connectivity index (χ0) is 13.9. The predicted molar refractivity (Wildman–Crippen MR) is 81.2 cm³/mol. The van der Waals surface area contributed by atoms with Gasteiger partial charge >= 0.3 is 0 Å². The first-order valence-corrected chi connectivity index (χ1v) is 6.86. The molecule has 0 saturated heterocycles. The lowest BCUT2D eigenvalue weighted by atomic mass is 9.97. The Hall–Kier alpha value is -2.10. The summed E-state index contributed by atoms with van der Waals surface area (Å²) in [6.07, 6.45) is 0.967. The first kappa shape index (κ1) is 12.9. The van der Waals surface area contributed by atoms with Crippen LogP contribution in [-0.2, 0) is 6.42 Å². The Kier molecular flexibility index (Phi) is 3.54. The van der Waals surface area contributed by atoms with E-state index in [4.69, 9.17) is 10.3 Å². The maximum atomic E-state index is 5.93. The predicted octanol–water partition coefficient (Wildman–Crippen LogP) is 3.55. The van der Waals surface area contributed by atoms with Crippen LogP contribution in [0.4, 0.5) is 0 Å². The van der Waals surface area contributed by atoms with Crippen molar-refractivity contribution in [2.45, 2.75) is 19.4 Å². The molecule has 0 aliphatic heterocycles. The summed E-state index contributed by atoms with van der Waals surface area (Å²) in [6.45, 7) is 2.14. The number of furan rings is 1. The van der Waals surface area contributed by atoms with Gasteiger partial charge in [-0.2, -0.15) is 0 Å². The fraction of sp³-hybridized carbons (Fsp3) is 0.176. The average Bonchev–Trinajstić information content (AvgIpc) is 2.92. The minimum Gasteiger partial charge on any atom is -0.459 e. The summed E-state index contributed by atoms with van der Waals surface area (Å²) < 4.78 is 5.93. The highest BCUT2D eigenvalue weighted by Crippen LogP contribution is 2.29. The van der Waals surface area contributed by atoms with Gasteiger partial charge in [-0.15, -0.1) is 0 Å². The van der Waals surface area contributed by atoms with Crippen molar-refractivity contribution in [2.24, 2.45) is 5.84 Å². The molecular formula is C17H18N2O. The standard InChI is InChI=1S/C17H18N2O/c1-2-12-7-3-5-9-14(12)17(19-18)16-11-13-8-4-6-10-15(13)20-16/h3-11,17,19H,2,18H2,1H3. The Morgan fingerprint density at radius 2 is 1.85 bits per heavy atom. The summed E-state index contributed by atoms with van der Waals surface area (Å²) in [5, 5.41) is 1.09. The molecule has 3 heteroatoms. The second-order valence-electron chi connectivity index (χ2n) is 4.84. The topological polar surface area (TPSA) is 51.2 Å². The van der Waals surface area contributed by atoms with Gasteiger partial charge in [-0.3, -0.25) is 5.84 Å². The minimum absolute atomic E-state index is 0.126. The molecule has 1 heterocycles. The summed E-state index contributed by atoms with van der Waals surface area (Å²) in [6, 6.07) is 18.2. The lowest BCUT2D eigenvalue weighted by molar-refractivity contribution is 0.475. The van der Waals surface area contributed by atoms with Crippen LogP contribution in [0.3, 0.4) is 0 Å². The number of fused-ring (bicyclic) bond motifs is 1. The lowest BCUT2D eigenvalue weighted by Crippen LogP contribution is -2.29. The largest absolute Gasteiger partial charge is 0.459 e. The molecule has 0 saturated carbocycles. The van der Waals surface area contributed by atoms with E-state index in [0.29, 0.717) is 0 Å². The Bertz CT molecular complexity index is 685. The summed E-state index contributed by atoms with van der Waals surface area (Å²) in [7, 11) is 0. The molecule has 0 fully saturated rings. The van der Waals surface area contributed by atoms with Gasteiger partial charge < -0.3 is 4.42 Å². The van der Waals surface area contributed by atoms with Crippen LogP contribution in [0.2, 0.25) is 0 Å². The molecule has 3 N–H and O–H groups in total. The molecule has 3 aromatic rings. The van der Waals surface area contributed by atoms with E-state index in [0.717, 1.165) is 28.7 Å². The van der Waals surface area contributed by atoms with Crippen LogP contribution in [0.25, 0.3) is 11.0 Å². The number of benzene rings is 2. The molecule has 102 valence electrons. The molecule has 0 aliphatic rings. The number of hydrogen-bond acceptors (Lipinski definition) is 3. The van der Waals surface area contributed by atoms with E-state index in [1.54, 1.807) is 0 Å². The fourth-order valence-corrected chi connectivity index (χ4v) is 2.61. The molecule has 0 radical (unpaired) electrons. The summed E-state index contributed by atoms with van der Waals surface area (Å²) in [4.78, 5) is 0. The Morgan fingerprint density at radius 3 is 2.60 bits per heavy atom. The monoisotopic (exact) mass is 266 g/mol. The number of rotatable bonds is 4. The number of aryl methyl sites for hydroxylation is 1. The molecule has 2 aromatic carbocycles. The third-order valence-electron chi connectivity index (χ3n) is 3.64. The van der Waals surface area contributed by atoms with Crippen LogP contribution in [0.5, 0.6) is 0 Å². The molecule has 0 aliphatic carbocycles.